The second-order valence-electron chi connectivity index (χ2n) is 7.67. The van der Waals surface area contributed by atoms with Gasteiger partial charge in [-0.3, -0.25) is 9.69 Å². The normalized spacial score (nSPS) is 15.7. The number of hydrogen-bond acceptors (Lipinski definition) is 3. The number of anilines is 1. The molecule has 0 spiro atoms. The number of azide groups is 1. The molecule has 0 radical (unpaired) electrons. The summed E-state index contributed by atoms with van der Waals surface area (Å²) >= 11 is 5.46. The number of alkyl halides is 3. The number of carbonyl (C=O) groups is 1. The van der Waals surface area contributed by atoms with Gasteiger partial charge in [0, 0.05) is 23.7 Å². The highest BCUT2D eigenvalue weighted by atomic mass is 32.1. The number of amides is 1. The monoisotopic (exact) mass is 452 g/mol. The molecule has 0 atom stereocenters. The number of carbonyl (C=O) groups excluding carboxylic acids is 1. The summed E-state index contributed by atoms with van der Waals surface area (Å²) in [6.07, 6.45) is -0.396. The number of halogens is 3. The van der Waals surface area contributed by atoms with Gasteiger partial charge in [-0.25, -0.2) is 4.85 Å². The van der Waals surface area contributed by atoms with Crippen LogP contribution in [-0.4, -0.2) is 34.5 Å². The molecule has 2 rings (SSSR count). The summed E-state index contributed by atoms with van der Waals surface area (Å²) in [7, 11) is 0. The van der Waals surface area contributed by atoms with Gasteiger partial charge in [-0.1, -0.05) is 30.4 Å². The first-order chi connectivity index (χ1) is 14.6. The number of unbranched alkanes of at least 4 members (excludes halogenated alkanes) is 4. The molecule has 7 nitrogen and oxygen atoms in total. The van der Waals surface area contributed by atoms with E-state index >= 15 is 0 Å². The molecule has 0 aromatic heterocycles. The molecule has 1 heterocycles. The van der Waals surface area contributed by atoms with Gasteiger partial charge in [-0.05, 0) is 56.6 Å². The largest absolute Gasteiger partial charge is 0.407 e. The van der Waals surface area contributed by atoms with Crippen molar-refractivity contribution in [1.29, 1.82) is 0 Å². The summed E-state index contributed by atoms with van der Waals surface area (Å²) in [5, 5.41) is 3.64. The van der Waals surface area contributed by atoms with Crippen LogP contribution in [0, 0.1) is 6.57 Å². The van der Waals surface area contributed by atoms with Crippen LogP contribution in [-0.2, 0) is 11.0 Å². The van der Waals surface area contributed by atoms with E-state index in [4.69, 9.17) is 24.3 Å². The summed E-state index contributed by atoms with van der Waals surface area (Å²) in [4.78, 5) is 21.5. The Kier molecular flexibility index (Phi) is 7.87. The predicted octanol–water partition coefficient (Wildman–Crippen LogP) is 6.23. The van der Waals surface area contributed by atoms with Crippen LogP contribution >= 0.6 is 12.2 Å². The van der Waals surface area contributed by atoms with Crippen molar-refractivity contribution in [3.8, 4) is 0 Å². The Labute approximate surface area is 184 Å². The minimum absolute atomic E-state index is 0.00310. The van der Waals surface area contributed by atoms with E-state index in [0.29, 0.717) is 13.1 Å². The summed E-state index contributed by atoms with van der Waals surface area (Å²) in [5.74, 6) is -0.407. The molecular formula is C20H23F3N6OS. The van der Waals surface area contributed by atoms with Crippen LogP contribution < -0.4 is 4.90 Å². The SMILES string of the molecule is [C-]#[N+]c1ccc(N2C(=O)C(C)(C)N(CCCCCCCN=[N+]=[N-])C2=S)cc1C(F)(F)F. The molecule has 0 N–H and O–H groups in total. The van der Waals surface area contributed by atoms with E-state index in [1.165, 1.54) is 6.07 Å². The standard InChI is InChI=1S/C20H23F3N6OS/c1-19(2)17(30)29(14-9-10-16(25-3)15(13-14)20(21,22)23)18(31)28(19)12-8-6-4-5-7-11-26-27-24/h9-10,13H,4-8,11-12H2,1-2H3. The third kappa shape index (κ3) is 5.46. The number of rotatable bonds is 9. The fourth-order valence-corrected chi connectivity index (χ4v) is 3.96. The number of nitrogens with zero attached hydrogens (tertiary/aromatic N) is 6. The lowest BCUT2D eigenvalue weighted by Crippen LogP contribution is -2.44. The lowest BCUT2D eigenvalue weighted by molar-refractivity contribution is -0.136. The highest BCUT2D eigenvalue weighted by Gasteiger charge is 2.49. The first-order valence-electron chi connectivity index (χ1n) is 9.81. The summed E-state index contributed by atoms with van der Waals surface area (Å²) < 4.78 is 40.0. The van der Waals surface area contributed by atoms with E-state index < -0.39 is 28.9 Å². The summed E-state index contributed by atoms with van der Waals surface area (Å²) in [5.41, 5.74) is 5.65. The molecule has 1 saturated heterocycles. The second-order valence-corrected chi connectivity index (χ2v) is 8.03. The fraction of sp³-hybridized carbons (Fsp3) is 0.550. The third-order valence-electron chi connectivity index (χ3n) is 5.19. The lowest BCUT2D eigenvalue weighted by Gasteiger charge is -2.29. The van der Waals surface area contributed by atoms with Gasteiger partial charge in [-0.2, -0.15) is 13.2 Å². The average Bonchev–Trinajstić information content (AvgIpc) is 2.87. The smallest absolute Gasteiger partial charge is 0.334 e. The van der Waals surface area contributed by atoms with Gasteiger partial charge in [0.05, 0.1) is 12.1 Å². The van der Waals surface area contributed by atoms with Crippen molar-refractivity contribution >= 4 is 34.6 Å². The van der Waals surface area contributed by atoms with Crippen molar-refractivity contribution < 1.29 is 18.0 Å². The Bertz CT molecular complexity index is 934. The molecule has 1 aromatic rings. The van der Waals surface area contributed by atoms with Crippen LogP contribution in [0.15, 0.2) is 23.3 Å². The first kappa shape index (κ1) is 24.4. The lowest BCUT2D eigenvalue weighted by atomic mass is 10.0. The molecule has 1 fully saturated rings. The highest BCUT2D eigenvalue weighted by Crippen LogP contribution is 2.40. The molecule has 1 aromatic carbocycles. The molecule has 0 aliphatic carbocycles. The first-order valence-corrected chi connectivity index (χ1v) is 10.2. The van der Waals surface area contributed by atoms with Crippen molar-refractivity contribution in [2.24, 2.45) is 5.11 Å². The molecule has 11 heteroatoms. The molecule has 31 heavy (non-hydrogen) atoms. The zero-order valence-electron chi connectivity index (χ0n) is 17.3. The third-order valence-corrected chi connectivity index (χ3v) is 5.59. The molecule has 1 aliphatic rings. The van der Waals surface area contributed by atoms with Crippen LogP contribution in [0.1, 0.15) is 51.5 Å². The number of hydrogen-bond donors (Lipinski definition) is 0. The van der Waals surface area contributed by atoms with Gasteiger partial charge >= 0.3 is 6.18 Å². The topological polar surface area (TPSA) is 76.7 Å². The van der Waals surface area contributed by atoms with Gasteiger partial charge in [0.1, 0.15) is 5.54 Å². The Morgan fingerprint density at radius 3 is 2.45 bits per heavy atom. The van der Waals surface area contributed by atoms with E-state index in [1.54, 1.807) is 18.7 Å². The minimum atomic E-state index is -4.71. The Morgan fingerprint density at radius 1 is 1.19 bits per heavy atom. The summed E-state index contributed by atoms with van der Waals surface area (Å²) in [6.45, 7) is 11.3. The molecule has 0 saturated carbocycles. The second kappa shape index (κ2) is 9.98. The van der Waals surface area contributed by atoms with Crippen molar-refractivity contribution in [3.63, 3.8) is 0 Å². The van der Waals surface area contributed by atoms with Crippen LogP contribution in [0.5, 0.6) is 0 Å². The van der Waals surface area contributed by atoms with Gasteiger partial charge in [-0.15, -0.1) is 0 Å². The molecular weight excluding hydrogens is 429 g/mol. The molecule has 166 valence electrons. The van der Waals surface area contributed by atoms with Crippen LogP contribution in [0.25, 0.3) is 15.3 Å². The molecule has 1 aliphatic heterocycles. The Balaban J connectivity index is 2.12. The van der Waals surface area contributed by atoms with Crippen molar-refractivity contribution in [1.82, 2.24) is 4.90 Å². The predicted molar refractivity (Wildman–Crippen MR) is 116 cm³/mol. The quantitative estimate of drug-likeness (QED) is 0.111. The van der Waals surface area contributed by atoms with Crippen LogP contribution in [0.4, 0.5) is 24.5 Å². The maximum absolute atomic E-state index is 13.3. The fourth-order valence-electron chi connectivity index (χ4n) is 3.45. The highest BCUT2D eigenvalue weighted by molar-refractivity contribution is 7.80. The van der Waals surface area contributed by atoms with Crippen molar-refractivity contribution in [2.75, 3.05) is 18.0 Å². The number of thiocarbonyl (C=S) groups is 1. The van der Waals surface area contributed by atoms with Crippen LogP contribution in [0.2, 0.25) is 0 Å². The van der Waals surface area contributed by atoms with E-state index in [0.717, 1.165) is 49.1 Å². The minimum Gasteiger partial charge on any atom is -0.334 e. The maximum atomic E-state index is 13.3. The zero-order valence-corrected chi connectivity index (χ0v) is 18.1. The van der Waals surface area contributed by atoms with Gasteiger partial charge < -0.3 is 4.90 Å². The van der Waals surface area contributed by atoms with E-state index in [9.17, 15) is 18.0 Å². The summed E-state index contributed by atoms with van der Waals surface area (Å²) in [6, 6.07) is 3.18. The zero-order chi connectivity index (χ0) is 23.2. The Morgan fingerprint density at radius 2 is 1.84 bits per heavy atom. The van der Waals surface area contributed by atoms with Gasteiger partial charge in [0.15, 0.2) is 10.8 Å². The molecule has 1 amide bonds. The molecule has 0 unspecified atom stereocenters. The number of benzene rings is 1. The van der Waals surface area contributed by atoms with Crippen molar-refractivity contribution in [2.45, 2.75) is 57.7 Å². The maximum Gasteiger partial charge on any atom is 0.407 e. The van der Waals surface area contributed by atoms with Gasteiger partial charge in [0.25, 0.3) is 5.91 Å². The van der Waals surface area contributed by atoms with E-state index in [2.05, 4.69) is 14.9 Å². The van der Waals surface area contributed by atoms with Crippen molar-refractivity contribution in [3.05, 3.63) is 45.6 Å². The van der Waals surface area contributed by atoms with Gasteiger partial charge in [0.2, 0.25) is 0 Å². The van der Waals surface area contributed by atoms with Crippen LogP contribution in [0.3, 0.4) is 0 Å². The van der Waals surface area contributed by atoms with E-state index in [-0.39, 0.29) is 10.8 Å². The van der Waals surface area contributed by atoms with E-state index in [1.807, 2.05) is 0 Å². The molecule has 0 bridgehead atoms. The average molecular weight is 453 g/mol. The Hall–Kier alpha value is -2.83.